The van der Waals surface area contributed by atoms with Crippen molar-refractivity contribution in [2.24, 2.45) is 0 Å². The van der Waals surface area contributed by atoms with Crippen molar-refractivity contribution in [1.82, 2.24) is 9.21 Å². The van der Waals surface area contributed by atoms with Crippen molar-refractivity contribution in [2.75, 3.05) is 26.2 Å². The standard InChI is InChI=1S/C20H19ClF2N2O3S/c1-14-2-3-15(12-17(14)21)4-7-20(26)24-8-10-25(11-9-24)29(27,28)19-13-16(22)5-6-18(19)23/h2-7,12-13H,8-11H2,1H3/b7-4+. The van der Waals surface area contributed by atoms with Gasteiger partial charge in [0.15, 0.2) is 0 Å². The van der Waals surface area contributed by atoms with E-state index in [1.807, 2.05) is 19.1 Å². The first kappa shape index (κ1) is 21.4. The SMILES string of the molecule is Cc1ccc(/C=C/C(=O)N2CCN(S(=O)(=O)c3cc(F)ccc3F)CC2)cc1Cl. The van der Waals surface area contributed by atoms with E-state index in [0.717, 1.165) is 27.6 Å². The fraction of sp³-hybridized carbons (Fsp3) is 0.250. The highest BCUT2D eigenvalue weighted by Gasteiger charge is 2.31. The zero-order chi connectivity index (χ0) is 21.2. The lowest BCUT2D eigenvalue weighted by Crippen LogP contribution is -2.50. The molecular formula is C20H19ClF2N2O3S. The van der Waals surface area contributed by atoms with Crippen LogP contribution in [0.2, 0.25) is 5.02 Å². The number of halogens is 3. The van der Waals surface area contributed by atoms with E-state index in [9.17, 15) is 22.0 Å². The number of sulfonamides is 1. The molecule has 1 aliphatic rings. The molecule has 1 aliphatic heterocycles. The summed E-state index contributed by atoms with van der Waals surface area (Å²) in [6, 6.07) is 7.74. The number of hydrogen-bond acceptors (Lipinski definition) is 3. The first-order chi connectivity index (χ1) is 13.7. The van der Waals surface area contributed by atoms with E-state index in [-0.39, 0.29) is 32.1 Å². The van der Waals surface area contributed by atoms with Crippen LogP contribution in [0.25, 0.3) is 6.08 Å². The number of carbonyl (C=O) groups is 1. The van der Waals surface area contributed by atoms with Crippen LogP contribution < -0.4 is 0 Å². The Bertz CT molecular complexity index is 1070. The molecule has 2 aromatic carbocycles. The molecule has 5 nitrogen and oxygen atoms in total. The average Bonchev–Trinajstić information content (AvgIpc) is 2.70. The van der Waals surface area contributed by atoms with E-state index in [4.69, 9.17) is 11.6 Å². The molecule has 1 amide bonds. The molecule has 29 heavy (non-hydrogen) atoms. The molecule has 0 radical (unpaired) electrons. The monoisotopic (exact) mass is 440 g/mol. The Morgan fingerprint density at radius 3 is 2.41 bits per heavy atom. The van der Waals surface area contributed by atoms with Crippen LogP contribution in [-0.2, 0) is 14.8 Å². The quantitative estimate of drug-likeness (QED) is 0.684. The Balaban J connectivity index is 1.65. The second kappa shape index (κ2) is 8.61. The lowest BCUT2D eigenvalue weighted by atomic mass is 10.1. The number of aryl methyl sites for hydroxylation is 1. The number of piperazine rings is 1. The summed E-state index contributed by atoms with van der Waals surface area (Å²) >= 11 is 6.07. The summed E-state index contributed by atoms with van der Waals surface area (Å²) in [5.41, 5.74) is 1.71. The summed E-state index contributed by atoms with van der Waals surface area (Å²) in [7, 11) is -4.18. The summed E-state index contributed by atoms with van der Waals surface area (Å²) < 4.78 is 53.5. The minimum Gasteiger partial charge on any atom is -0.337 e. The molecule has 1 heterocycles. The maximum Gasteiger partial charge on any atom is 0.246 e. The molecule has 0 N–H and O–H groups in total. The second-order valence-electron chi connectivity index (χ2n) is 6.65. The van der Waals surface area contributed by atoms with Gasteiger partial charge < -0.3 is 4.90 Å². The Morgan fingerprint density at radius 1 is 1.07 bits per heavy atom. The van der Waals surface area contributed by atoms with Crippen LogP contribution in [0.5, 0.6) is 0 Å². The molecule has 0 unspecified atom stereocenters. The summed E-state index contributed by atoms with van der Waals surface area (Å²) in [4.78, 5) is 13.2. The number of amides is 1. The van der Waals surface area contributed by atoms with Gasteiger partial charge in [0.2, 0.25) is 15.9 Å². The maximum atomic E-state index is 13.9. The van der Waals surface area contributed by atoms with Crippen molar-refractivity contribution in [3.63, 3.8) is 0 Å². The number of hydrogen-bond donors (Lipinski definition) is 0. The Morgan fingerprint density at radius 2 is 1.76 bits per heavy atom. The van der Waals surface area contributed by atoms with E-state index < -0.39 is 26.6 Å². The molecule has 0 saturated carbocycles. The molecule has 0 atom stereocenters. The molecule has 154 valence electrons. The molecular weight excluding hydrogens is 422 g/mol. The van der Waals surface area contributed by atoms with Crippen molar-refractivity contribution in [3.05, 3.63) is 70.3 Å². The van der Waals surface area contributed by atoms with Crippen LogP contribution in [0.1, 0.15) is 11.1 Å². The van der Waals surface area contributed by atoms with Crippen LogP contribution in [-0.4, -0.2) is 49.7 Å². The van der Waals surface area contributed by atoms with E-state index >= 15 is 0 Å². The van der Waals surface area contributed by atoms with Crippen molar-refractivity contribution in [3.8, 4) is 0 Å². The van der Waals surface area contributed by atoms with Crippen LogP contribution >= 0.6 is 11.6 Å². The summed E-state index contributed by atoms with van der Waals surface area (Å²) in [5.74, 6) is -2.11. The number of nitrogens with zero attached hydrogens (tertiary/aromatic N) is 2. The zero-order valence-electron chi connectivity index (χ0n) is 15.6. The summed E-state index contributed by atoms with van der Waals surface area (Å²) in [6.45, 7) is 2.16. The van der Waals surface area contributed by atoms with Crippen molar-refractivity contribution in [2.45, 2.75) is 11.8 Å². The highest BCUT2D eigenvalue weighted by atomic mass is 35.5. The van der Waals surface area contributed by atoms with Crippen LogP contribution in [0.4, 0.5) is 8.78 Å². The fourth-order valence-corrected chi connectivity index (χ4v) is 4.64. The Kier molecular flexibility index (Phi) is 6.36. The highest BCUT2D eigenvalue weighted by molar-refractivity contribution is 7.89. The first-order valence-corrected chi connectivity index (χ1v) is 10.7. The predicted molar refractivity (Wildman–Crippen MR) is 107 cm³/mol. The van der Waals surface area contributed by atoms with Gasteiger partial charge in [0.1, 0.15) is 16.5 Å². The smallest absolute Gasteiger partial charge is 0.246 e. The number of benzene rings is 2. The summed E-state index contributed by atoms with van der Waals surface area (Å²) in [5, 5.41) is 0.600. The Labute approximate surface area is 173 Å². The third-order valence-corrected chi connectivity index (χ3v) is 7.00. The van der Waals surface area contributed by atoms with Gasteiger partial charge in [-0.25, -0.2) is 17.2 Å². The lowest BCUT2D eigenvalue weighted by molar-refractivity contribution is -0.127. The van der Waals surface area contributed by atoms with Gasteiger partial charge in [-0.05, 0) is 48.4 Å². The molecule has 0 spiro atoms. The van der Waals surface area contributed by atoms with Crippen molar-refractivity contribution < 1.29 is 22.0 Å². The van der Waals surface area contributed by atoms with Gasteiger partial charge in [-0.15, -0.1) is 0 Å². The first-order valence-electron chi connectivity index (χ1n) is 8.87. The lowest BCUT2D eigenvalue weighted by Gasteiger charge is -2.33. The van der Waals surface area contributed by atoms with Gasteiger partial charge >= 0.3 is 0 Å². The fourth-order valence-electron chi connectivity index (χ4n) is 2.95. The molecule has 3 rings (SSSR count). The zero-order valence-corrected chi connectivity index (χ0v) is 17.2. The predicted octanol–water partition coefficient (Wildman–Crippen LogP) is 3.47. The molecule has 2 aromatic rings. The van der Waals surface area contributed by atoms with Crippen LogP contribution in [0, 0.1) is 18.6 Å². The molecule has 0 bridgehead atoms. The number of rotatable bonds is 4. The maximum absolute atomic E-state index is 13.9. The van der Waals surface area contributed by atoms with Gasteiger partial charge in [-0.1, -0.05) is 23.7 Å². The molecule has 9 heteroatoms. The van der Waals surface area contributed by atoms with Gasteiger partial charge in [0.25, 0.3) is 0 Å². The second-order valence-corrected chi connectivity index (χ2v) is 8.96. The van der Waals surface area contributed by atoms with Crippen molar-refractivity contribution in [1.29, 1.82) is 0 Å². The topological polar surface area (TPSA) is 57.7 Å². The summed E-state index contributed by atoms with van der Waals surface area (Å²) in [6.07, 6.45) is 3.04. The highest BCUT2D eigenvalue weighted by Crippen LogP contribution is 2.22. The molecule has 0 aliphatic carbocycles. The third-order valence-electron chi connectivity index (χ3n) is 4.68. The van der Waals surface area contributed by atoms with Gasteiger partial charge in [-0.3, -0.25) is 4.79 Å². The van der Waals surface area contributed by atoms with Crippen LogP contribution in [0.15, 0.2) is 47.4 Å². The van der Waals surface area contributed by atoms with Gasteiger partial charge in [0.05, 0.1) is 0 Å². The van der Waals surface area contributed by atoms with E-state index in [0.29, 0.717) is 11.1 Å². The average molecular weight is 441 g/mol. The molecule has 0 aromatic heterocycles. The van der Waals surface area contributed by atoms with Crippen LogP contribution in [0.3, 0.4) is 0 Å². The molecule has 1 saturated heterocycles. The number of carbonyl (C=O) groups excluding carboxylic acids is 1. The van der Waals surface area contributed by atoms with Crippen molar-refractivity contribution >= 4 is 33.6 Å². The largest absolute Gasteiger partial charge is 0.337 e. The minimum atomic E-state index is -4.18. The molecule has 1 fully saturated rings. The normalized spacial score (nSPS) is 15.8. The Hall–Kier alpha value is -2.29. The van der Waals surface area contributed by atoms with E-state index in [2.05, 4.69) is 0 Å². The van der Waals surface area contributed by atoms with Gasteiger partial charge in [-0.2, -0.15) is 4.31 Å². The minimum absolute atomic E-state index is 0.00573. The third kappa shape index (κ3) is 4.83. The van der Waals surface area contributed by atoms with E-state index in [1.165, 1.54) is 11.0 Å². The van der Waals surface area contributed by atoms with E-state index in [1.54, 1.807) is 12.1 Å². The van der Waals surface area contributed by atoms with Gasteiger partial charge in [0, 0.05) is 37.3 Å².